The molecular weight excluding hydrogens is 288 g/mol. The minimum Gasteiger partial charge on any atom is -0.492 e. The Morgan fingerprint density at radius 2 is 2.14 bits per heavy atom. The Morgan fingerprint density at radius 1 is 1.38 bits per heavy atom. The molecule has 2 aromatic rings. The van der Waals surface area contributed by atoms with Crippen molar-refractivity contribution in [3.63, 3.8) is 0 Å². The number of ether oxygens (including phenoxy) is 1. The molecule has 0 saturated carbocycles. The maximum absolute atomic E-state index is 12.3. The molecule has 0 bridgehead atoms. The molecule has 0 radical (unpaired) electrons. The molecule has 0 aliphatic heterocycles. The van der Waals surface area contributed by atoms with E-state index in [-0.39, 0.29) is 5.91 Å². The van der Waals surface area contributed by atoms with Crippen LogP contribution in [0.15, 0.2) is 24.3 Å². The number of anilines is 1. The smallest absolute Gasteiger partial charge is 0.261 e. The summed E-state index contributed by atoms with van der Waals surface area (Å²) < 4.78 is 5.67. The number of benzene rings is 1. The van der Waals surface area contributed by atoms with E-state index < -0.39 is 0 Å². The van der Waals surface area contributed by atoms with Crippen molar-refractivity contribution in [3.8, 4) is 5.75 Å². The number of carbonyl (C=O) groups excluding carboxylic acids is 1. The Kier molecular flexibility index (Phi) is 5.24. The van der Waals surface area contributed by atoms with Crippen molar-refractivity contribution in [3.05, 3.63) is 34.8 Å². The Balaban J connectivity index is 2.11. The Hall–Kier alpha value is -1.99. The van der Waals surface area contributed by atoms with Crippen molar-refractivity contribution in [2.24, 2.45) is 11.7 Å². The van der Waals surface area contributed by atoms with Gasteiger partial charge >= 0.3 is 0 Å². The van der Waals surface area contributed by atoms with Gasteiger partial charge in [-0.25, -0.2) is 0 Å². The fraction of sp³-hybridized carbons (Fsp3) is 0.357. The molecule has 112 valence electrons. The minimum absolute atomic E-state index is 0.269. The largest absolute Gasteiger partial charge is 0.492 e. The zero-order chi connectivity index (χ0) is 15.2. The highest BCUT2D eigenvalue weighted by atomic mass is 32.1. The van der Waals surface area contributed by atoms with Gasteiger partial charge in [-0.05, 0) is 18.1 Å². The third-order valence-corrected chi connectivity index (χ3v) is 3.43. The molecular formula is C14H18N4O2S. The summed E-state index contributed by atoms with van der Waals surface area (Å²) in [4.78, 5) is 12.3. The second kappa shape index (κ2) is 7.14. The van der Waals surface area contributed by atoms with E-state index in [1.54, 1.807) is 18.2 Å². The number of aromatic nitrogens is 2. The van der Waals surface area contributed by atoms with E-state index in [1.165, 1.54) is 11.3 Å². The highest BCUT2D eigenvalue weighted by Crippen LogP contribution is 2.21. The molecule has 1 aromatic heterocycles. The Morgan fingerprint density at radius 3 is 2.81 bits per heavy atom. The SMILES string of the molecule is CC(C)COc1ccccc1C(=O)Nc1nnc(CN)s1. The molecule has 0 aliphatic carbocycles. The maximum atomic E-state index is 12.3. The number of hydrogen-bond acceptors (Lipinski definition) is 6. The van der Waals surface area contributed by atoms with E-state index in [4.69, 9.17) is 10.5 Å². The van der Waals surface area contributed by atoms with Crippen LogP contribution in [0.4, 0.5) is 5.13 Å². The summed E-state index contributed by atoms with van der Waals surface area (Å²) in [5.41, 5.74) is 5.95. The van der Waals surface area contributed by atoms with Gasteiger partial charge in [-0.3, -0.25) is 10.1 Å². The zero-order valence-corrected chi connectivity index (χ0v) is 12.8. The average molecular weight is 306 g/mol. The average Bonchev–Trinajstić information content (AvgIpc) is 2.93. The summed E-state index contributed by atoms with van der Waals surface area (Å²) in [6.45, 7) is 4.97. The molecule has 21 heavy (non-hydrogen) atoms. The molecule has 0 atom stereocenters. The highest BCUT2D eigenvalue weighted by molar-refractivity contribution is 7.15. The number of amides is 1. The van der Waals surface area contributed by atoms with Gasteiger partial charge in [0.1, 0.15) is 10.8 Å². The molecule has 0 saturated heterocycles. The monoisotopic (exact) mass is 306 g/mol. The van der Waals surface area contributed by atoms with Crippen LogP contribution in [0, 0.1) is 5.92 Å². The molecule has 7 heteroatoms. The van der Waals surface area contributed by atoms with Crippen molar-refractivity contribution < 1.29 is 9.53 Å². The van der Waals surface area contributed by atoms with Crippen LogP contribution in [-0.2, 0) is 6.54 Å². The number of hydrogen-bond donors (Lipinski definition) is 2. The van der Waals surface area contributed by atoms with Crippen LogP contribution < -0.4 is 15.8 Å². The van der Waals surface area contributed by atoms with E-state index in [2.05, 4.69) is 29.4 Å². The van der Waals surface area contributed by atoms with Crippen molar-refractivity contribution >= 4 is 22.4 Å². The van der Waals surface area contributed by atoms with Crippen LogP contribution in [0.25, 0.3) is 0 Å². The van der Waals surface area contributed by atoms with Gasteiger partial charge in [0.2, 0.25) is 5.13 Å². The first-order chi connectivity index (χ1) is 10.1. The minimum atomic E-state index is -0.269. The lowest BCUT2D eigenvalue weighted by atomic mass is 10.2. The fourth-order valence-corrected chi connectivity index (χ4v) is 2.20. The summed E-state index contributed by atoms with van der Waals surface area (Å²) in [6.07, 6.45) is 0. The lowest BCUT2D eigenvalue weighted by Crippen LogP contribution is -2.14. The van der Waals surface area contributed by atoms with Gasteiger partial charge in [0.25, 0.3) is 5.91 Å². The summed E-state index contributed by atoms with van der Waals surface area (Å²) >= 11 is 1.26. The van der Waals surface area contributed by atoms with Crippen LogP contribution in [0.2, 0.25) is 0 Å². The molecule has 1 heterocycles. The normalized spacial score (nSPS) is 10.7. The predicted octanol–water partition coefficient (Wildman–Crippen LogP) is 2.28. The Labute approximate surface area is 127 Å². The number of nitrogens with two attached hydrogens (primary N) is 1. The molecule has 3 N–H and O–H groups in total. The van der Waals surface area contributed by atoms with Crippen LogP contribution in [0.5, 0.6) is 5.75 Å². The first kappa shape index (κ1) is 15.4. The van der Waals surface area contributed by atoms with Crippen LogP contribution in [0.1, 0.15) is 29.2 Å². The number of carbonyl (C=O) groups is 1. The quantitative estimate of drug-likeness (QED) is 0.854. The lowest BCUT2D eigenvalue weighted by Gasteiger charge is -2.12. The third-order valence-electron chi connectivity index (χ3n) is 2.57. The molecule has 0 unspecified atom stereocenters. The molecule has 2 rings (SSSR count). The summed E-state index contributed by atoms with van der Waals surface area (Å²) in [5, 5.41) is 11.5. The number of nitrogens with zero attached hydrogens (tertiary/aromatic N) is 2. The third kappa shape index (κ3) is 4.24. The summed E-state index contributed by atoms with van der Waals surface area (Å²) in [5.74, 6) is 0.678. The van der Waals surface area contributed by atoms with Gasteiger partial charge in [0, 0.05) is 6.54 Å². The first-order valence-corrected chi connectivity index (χ1v) is 7.47. The van der Waals surface area contributed by atoms with Crippen molar-refractivity contribution in [1.29, 1.82) is 0 Å². The van der Waals surface area contributed by atoms with Gasteiger partial charge in [-0.15, -0.1) is 10.2 Å². The topological polar surface area (TPSA) is 90.1 Å². The maximum Gasteiger partial charge on any atom is 0.261 e. The van der Waals surface area contributed by atoms with Crippen LogP contribution in [0.3, 0.4) is 0 Å². The van der Waals surface area contributed by atoms with E-state index in [9.17, 15) is 4.79 Å². The standard InChI is InChI=1S/C14H18N4O2S/c1-9(2)8-20-11-6-4-3-5-10(11)13(19)16-14-18-17-12(7-15)21-14/h3-6,9H,7-8,15H2,1-2H3,(H,16,18,19). The van der Waals surface area contributed by atoms with Crippen LogP contribution in [-0.4, -0.2) is 22.7 Å². The fourth-order valence-electron chi connectivity index (χ4n) is 1.59. The van der Waals surface area contributed by atoms with Crippen LogP contribution >= 0.6 is 11.3 Å². The van der Waals surface area contributed by atoms with Gasteiger partial charge in [-0.2, -0.15) is 0 Å². The lowest BCUT2D eigenvalue weighted by molar-refractivity contribution is 0.102. The van der Waals surface area contributed by atoms with E-state index in [0.29, 0.717) is 40.5 Å². The number of nitrogens with one attached hydrogen (secondary N) is 1. The van der Waals surface area contributed by atoms with Gasteiger partial charge in [0.05, 0.1) is 12.2 Å². The highest BCUT2D eigenvalue weighted by Gasteiger charge is 2.14. The van der Waals surface area contributed by atoms with E-state index in [1.807, 2.05) is 6.07 Å². The molecule has 0 fully saturated rings. The first-order valence-electron chi connectivity index (χ1n) is 6.65. The van der Waals surface area contributed by atoms with Gasteiger partial charge < -0.3 is 10.5 Å². The molecule has 1 aromatic carbocycles. The van der Waals surface area contributed by atoms with Crippen molar-refractivity contribution in [2.75, 3.05) is 11.9 Å². The van der Waals surface area contributed by atoms with Crippen molar-refractivity contribution in [2.45, 2.75) is 20.4 Å². The molecule has 0 spiro atoms. The second-order valence-electron chi connectivity index (χ2n) is 4.86. The Bertz CT molecular complexity index is 613. The summed E-state index contributed by atoms with van der Waals surface area (Å²) in [7, 11) is 0. The zero-order valence-electron chi connectivity index (χ0n) is 12.0. The van der Waals surface area contributed by atoms with Crippen molar-refractivity contribution in [1.82, 2.24) is 10.2 Å². The number of para-hydroxylation sites is 1. The van der Waals surface area contributed by atoms with Gasteiger partial charge in [-0.1, -0.05) is 37.3 Å². The summed E-state index contributed by atoms with van der Waals surface area (Å²) in [6, 6.07) is 7.13. The number of rotatable bonds is 6. The second-order valence-corrected chi connectivity index (χ2v) is 5.92. The van der Waals surface area contributed by atoms with E-state index >= 15 is 0 Å². The molecule has 1 amide bonds. The van der Waals surface area contributed by atoms with E-state index in [0.717, 1.165) is 0 Å². The molecule has 6 nitrogen and oxygen atoms in total. The van der Waals surface area contributed by atoms with Gasteiger partial charge in [0.15, 0.2) is 0 Å². The predicted molar refractivity (Wildman–Crippen MR) is 82.5 cm³/mol. The molecule has 0 aliphatic rings.